The Bertz CT molecular complexity index is 490. The number of carboxylic acids is 1. The van der Waals surface area contributed by atoms with Crippen molar-refractivity contribution in [1.29, 1.82) is 0 Å². The molecule has 1 unspecified atom stereocenters. The Morgan fingerprint density at radius 1 is 1.35 bits per heavy atom. The van der Waals surface area contributed by atoms with Crippen LogP contribution in [0.3, 0.4) is 0 Å². The summed E-state index contributed by atoms with van der Waals surface area (Å²) in [5, 5.41) is 11.8. The van der Waals surface area contributed by atoms with Gasteiger partial charge in [-0.1, -0.05) is 0 Å². The predicted molar refractivity (Wildman–Crippen MR) is 79.2 cm³/mol. The zero-order chi connectivity index (χ0) is 14.5. The average Bonchev–Trinajstić information content (AvgIpc) is 2.48. The van der Waals surface area contributed by atoms with E-state index < -0.39 is 11.9 Å². The van der Waals surface area contributed by atoms with Crippen LogP contribution in [0.1, 0.15) is 12.8 Å². The number of carbonyl (C=O) groups is 2. The monoisotopic (exact) mass is 294 g/mol. The average molecular weight is 294 g/mol. The molecule has 0 aliphatic carbocycles. The maximum Gasteiger partial charge on any atom is 0.321 e. The van der Waals surface area contributed by atoms with Gasteiger partial charge in [-0.05, 0) is 43.4 Å². The molecule has 1 saturated heterocycles. The lowest BCUT2D eigenvalue weighted by Crippen LogP contribution is -2.44. The van der Waals surface area contributed by atoms with E-state index >= 15 is 0 Å². The van der Waals surface area contributed by atoms with Crippen LogP contribution in [-0.4, -0.2) is 41.4 Å². The summed E-state index contributed by atoms with van der Waals surface area (Å²) in [6.07, 6.45) is 3.37. The number of hydrogen-bond acceptors (Lipinski definition) is 3. The van der Waals surface area contributed by atoms with Crippen LogP contribution in [0.2, 0.25) is 0 Å². The summed E-state index contributed by atoms with van der Waals surface area (Å²) in [6, 6.07) is 7.35. The Labute approximate surface area is 122 Å². The minimum atomic E-state index is -0.827. The highest BCUT2D eigenvalue weighted by molar-refractivity contribution is 7.98. The van der Waals surface area contributed by atoms with E-state index in [1.54, 1.807) is 16.7 Å². The number of piperidine rings is 1. The largest absolute Gasteiger partial charge is 0.481 e. The predicted octanol–water partition coefficient (Wildman–Crippen LogP) is 2.74. The summed E-state index contributed by atoms with van der Waals surface area (Å²) in [7, 11) is 0. The van der Waals surface area contributed by atoms with Gasteiger partial charge in [-0.15, -0.1) is 11.8 Å². The second kappa shape index (κ2) is 6.65. The SMILES string of the molecule is CSc1ccc(NC(=O)N2CCCC(C(=O)O)C2)cc1. The molecular formula is C14H18N2O3S. The number of aliphatic carboxylic acids is 1. The zero-order valence-corrected chi connectivity index (χ0v) is 12.2. The molecule has 1 fully saturated rings. The number of amides is 2. The number of carbonyl (C=O) groups excluding carboxylic acids is 1. The number of thioether (sulfide) groups is 1. The van der Waals surface area contributed by atoms with Gasteiger partial charge in [0.25, 0.3) is 0 Å². The fourth-order valence-corrected chi connectivity index (χ4v) is 2.65. The molecule has 1 aromatic rings. The molecule has 20 heavy (non-hydrogen) atoms. The number of rotatable bonds is 3. The summed E-state index contributed by atoms with van der Waals surface area (Å²) < 4.78 is 0. The fraction of sp³-hybridized carbons (Fsp3) is 0.429. The van der Waals surface area contributed by atoms with Crippen LogP contribution in [0.15, 0.2) is 29.2 Å². The van der Waals surface area contributed by atoms with Gasteiger partial charge in [0.05, 0.1) is 5.92 Å². The highest BCUT2D eigenvalue weighted by atomic mass is 32.2. The summed E-state index contributed by atoms with van der Waals surface area (Å²) in [5.74, 6) is -1.28. The Morgan fingerprint density at radius 2 is 2.05 bits per heavy atom. The van der Waals surface area contributed by atoms with Crippen LogP contribution < -0.4 is 5.32 Å². The van der Waals surface area contributed by atoms with Crippen molar-refractivity contribution in [3.05, 3.63) is 24.3 Å². The van der Waals surface area contributed by atoms with Crippen molar-refractivity contribution in [2.24, 2.45) is 5.92 Å². The minimum absolute atomic E-state index is 0.229. The van der Waals surface area contributed by atoms with E-state index in [1.807, 2.05) is 30.5 Å². The lowest BCUT2D eigenvalue weighted by atomic mass is 9.99. The standard InChI is InChI=1S/C14H18N2O3S/c1-20-12-6-4-11(5-7-12)15-14(19)16-8-2-3-10(9-16)13(17)18/h4-7,10H,2-3,8-9H2,1H3,(H,15,19)(H,17,18). The van der Waals surface area contributed by atoms with Crippen molar-refractivity contribution in [3.8, 4) is 0 Å². The topological polar surface area (TPSA) is 69.6 Å². The molecule has 2 rings (SSSR count). The van der Waals surface area contributed by atoms with Gasteiger partial charge in [-0.2, -0.15) is 0 Å². The first-order valence-corrected chi connectivity index (χ1v) is 7.75. The van der Waals surface area contributed by atoms with E-state index in [9.17, 15) is 9.59 Å². The second-order valence-corrected chi connectivity index (χ2v) is 5.66. The van der Waals surface area contributed by atoms with Gasteiger partial charge >= 0.3 is 12.0 Å². The van der Waals surface area contributed by atoms with Crippen LogP contribution in [0.5, 0.6) is 0 Å². The number of nitrogens with one attached hydrogen (secondary N) is 1. The fourth-order valence-electron chi connectivity index (χ4n) is 2.24. The molecule has 1 atom stereocenters. The lowest BCUT2D eigenvalue weighted by molar-refractivity contribution is -0.143. The molecule has 2 amide bonds. The number of hydrogen-bond donors (Lipinski definition) is 2. The number of benzene rings is 1. The highest BCUT2D eigenvalue weighted by Crippen LogP contribution is 2.20. The first-order chi connectivity index (χ1) is 9.60. The molecule has 1 heterocycles. The minimum Gasteiger partial charge on any atom is -0.481 e. The van der Waals surface area contributed by atoms with Crippen molar-refractivity contribution in [1.82, 2.24) is 4.90 Å². The molecule has 0 bridgehead atoms. The molecule has 0 radical (unpaired) electrons. The van der Waals surface area contributed by atoms with E-state index in [0.29, 0.717) is 13.0 Å². The number of carboxylic acid groups (broad SMARTS) is 1. The number of likely N-dealkylation sites (tertiary alicyclic amines) is 1. The Hall–Kier alpha value is -1.69. The van der Waals surface area contributed by atoms with Gasteiger partial charge in [-0.25, -0.2) is 4.79 Å². The third-order valence-corrected chi connectivity index (χ3v) is 4.14. The summed E-state index contributed by atoms with van der Waals surface area (Å²) in [5.41, 5.74) is 0.727. The van der Waals surface area contributed by atoms with Crippen molar-refractivity contribution < 1.29 is 14.7 Å². The second-order valence-electron chi connectivity index (χ2n) is 4.78. The quantitative estimate of drug-likeness (QED) is 0.841. The van der Waals surface area contributed by atoms with Crippen molar-refractivity contribution in [2.45, 2.75) is 17.7 Å². The van der Waals surface area contributed by atoms with Gasteiger partial charge in [0.2, 0.25) is 0 Å². The first-order valence-electron chi connectivity index (χ1n) is 6.53. The van der Waals surface area contributed by atoms with Crippen molar-refractivity contribution in [2.75, 3.05) is 24.7 Å². The number of nitrogens with zero attached hydrogens (tertiary/aromatic N) is 1. The number of urea groups is 1. The van der Waals surface area contributed by atoms with Gasteiger partial charge in [0.15, 0.2) is 0 Å². The molecule has 0 aromatic heterocycles. The summed E-state index contributed by atoms with van der Waals surface area (Å²) in [6.45, 7) is 0.891. The van der Waals surface area contributed by atoms with E-state index in [0.717, 1.165) is 17.0 Å². The van der Waals surface area contributed by atoms with Crippen molar-refractivity contribution >= 4 is 29.4 Å². The van der Waals surface area contributed by atoms with E-state index in [4.69, 9.17) is 5.11 Å². The Kier molecular flexibility index (Phi) is 4.89. The van der Waals surface area contributed by atoms with E-state index in [2.05, 4.69) is 5.32 Å². The molecule has 2 N–H and O–H groups in total. The van der Waals surface area contributed by atoms with E-state index in [1.165, 1.54) is 0 Å². The van der Waals surface area contributed by atoms with Gasteiger partial charge in [0.1, 0.15) is 0 Å². The van der Waals surface area contributed by atoms with Crippen LogP contribution in [0, 0.1) is 5.92 Å². The lowest BCUT2D eigenvalue weighted by Gasteiger charge is -2.30. The number of anilines is 1. The normalized spacial score (nSPS) is 18.6. The van der Waals surface area contributed by atoms with Crippen LogP contribution in [-0.2, 0) is 4.79 Å². The van der Waals surface area contributed by atoms with Crippen LogP contribution in [0.25, 0.3) is 0 Å². The summed E-state index contributed by atoms with van der Waals surface area (Å²) in [4.78, 5) is 25.8. The molecule has 5 nitrogen and oxygen atoms in total. The van der Waals surface area contributed by atoms with Gasteiger partial charge in [0, 0.05) is 23.7 Å². The molecule has 1 aliphatic heterocycles. The molecular weight excluding hydrogens is 276 g/mol. The summed E-state index contributed by atoms with van der Waals surface area (Å²) >= 11 is 1.64. The maximum atomic E-state index is 12.1. The maximum absolute atomic E-state index is 12.1. The van der Waals surface area contributed by atoms with Gasteiger partial charge in [-0.3, -0.25) is 4.79 Å². The smallest absolute Gasteiger partial charge is 0.321 e. The first kappa shape index (κ1) is 14.7. The van der Waals surface area contributed by atoms with Crippen LogP contribution in [0.4, 0.5) is 10.5 Å². The molecule has 1 aromatic carbocycles. The zero-order valence-electron chi connectivity index (χ0n) is 11.3. The molecule has 0 spiro atoms. The molecule has 0 saturated carbocycles. The Morgan fingerprint density at radius 3 is 2.65 bits per heavy atom. The van der Waals surface area contributed by atoms with Crippen molar-refractivity contribution in [3.63, 3.8) is 0 Å². The third kappa shape index (κ3) is 3.66. The third-order valence-electron chi connectivity index (χ3n) is 3.40. The molecule has 108 valence electrons. The Balaban J connectivity index is 1.95. The van der Waals surface area contributed by atoms with Crippen LogP contribution >= 0.6 is 11.8 Å². The van der Waals surface area contributed by atoms with Gasteiger partial charge < -0.3 is 15.3 Å². The van der Waals surface area contributed by atoms with E-state index in [-0.39, 0.29) is 12.6 Å². The highest BCUT2D eigenvalue weighted by Gasteiger charge is 2.28. The molecule has 1 aliphatic rings. The molecule has 6 heteroatoms.